The first-order valence-electron chi connectivity index (χ1n) is 8.67. The average Bonchev–Trinajstić information content (AvgIpc) is 2.98. The highest BCUT2D eigenvalue weighted by Crippen LogP contribution is 2.32. The fourth-order valence-corrected chi connectivity index (χ4v) is 2.92. The number of aromatic nitrogens is 2. The van der Waals surface area contributed by atoms with Gasteiger partial charge in [-0.05, 0) is 55.8 Å². The molecule has 0 spiro atoms. The molecule has 0 aliphatic heterocycles. The van der Waals surface area contributed by atoms with E-state index in [1.165, 1.54) is 0 Å². The lowest BCUT2D eigenvalue weighted by molar-refractivity contribution is -0.138. The number of urea groups is 1. The summed E-state index contributed by atoms with van der Waals surface area (Å²) in [5.41, 5.74) is 1.59. The van der Waals surface area contributed by atoms with Crippen molar-refractivity contribution in [3.05, 3.63) is 76.9 Å². The molecule has 1 heterocycles. The first-order chi connectivity index (χ1) is 13.6. The Morgan fingerprint density at radius 2 is 1.86 bits per heavy atom. The number of amides is 2. The average molecular weight is 406 g/mol. The molecule has 1 aromatic heterocycles. The van der Waals surface area contributed by atoms with E-state index in [4.69, 9.17) is 0 Å². The van der Waals surface area contributed by atoms with Crippen LogP contribution in [0, 0.1) is 19.7 Å². The Kier molecular flexibility index (Phi) is 5.58. The number of halogens is 4. The lowest BCUT2D eigenvalue weighted by Crippen LogP contribution is -2.29. The predicted molar refractivity (Wildman–Crippen MR) is 100 cm³/mol. The van der Waals surface area contributed by atoms with E-state index in [1.807, 2.05) is 26.0 Å². The van der Waals surface area contributed by atoms with Gasteiger partial charge in [-0.15, -0.1) is 0 Å². The summed E-state index contributed by atoms with van der Waals surface area (Å²) in [6.45, 7) is 3.36. The van der Waals surface area contributed by atoms with Crippen LogP contribution >= 0.6 is 0 Å². The minimum absolute atomic E-state index is 0.231. The Bertz CT molecular complexity index is 1040. The van der Waals surface area contributed by atoms with Crippen LogP contribution in [0.15, 0.2) is 48.5 Å². The third kappa shape index (κ3) is 4.92. The molecule has 3 rings (SSSR count). The molecule has 2 amide bonds. The van der Waals surface area contributed by atoms with Crippen LogP contribution in [-0.2, 0) is 12.7 Å². The van der Waals surface area contributed by atoms with Crippen LogP contribution in [0.2, 0.25) is 0 Å². The summed E-state index contributed by atoms with van der Waals surface area (Å²) in [5.74, 6) is -0.994. The van der Waals surface area contributed by atoms with E-state index in [1.54, 1.807) is 22.9 Å². The molecule has 5 nitrogen and oxygen atoms in total. The van der Waals surface area contributed by atoms with E-state index < -0.39 is 30.1 Å². The van der Waals surface area contributed by atoms with Crippen LogP contribution in [-0.4, -0.2) is 15.8 Å². The van der Waals surface area contributed by atoms with E-state index in [2.05, 4.69) is 15.7 Å². The lowest BCUT2D eigenvalue weighted by Gasteiger charge is -2.14. The largest absolute Gasteiger partial charge is 0.416 e. The highest BCUT2D eigenvalue weighted by molar-refractivity contribution is 5.89. The zero-order valence-electron chi connectivity index (χ0n) is 15.6. The zero-order chi connectivity index (χ0) is 21.2. The molecule has 2 aromatic carbocycles. The van der Waals surface area contributed by atoms with Gasteiger partial charge >= 0.3 is 12.2 Å². The summed E-state index contributed by atoms with van der Waals surface area (Å²) < 4.78 is 54.0. The standard InChI is InChI=1S/C20H18F4N4O/c1-12-8-13(2)28(27-12)17-5-3-4-16(10-17)26-19(29)25-11-14-6-7-15(21)9-18(14)20(22,23)24/h3-10H,11H2,1-2H3,(H2,25,26,29). The summed E-state index contributed by atoms with van der Waals surface area (Å²) in [4.78, 5) is 12.1. The van der Waals surface area contributed by atoms with Gasteiger partial charge in [0, 0.05) is 17.9 Å². The van der Waals surface area contributed by atoms with Gasteiger partial charge in [-0.2, -0.15) is 18.3 Å². The summed E-state index contributed by atoms with van der Waals surface area (Å²) in [6, 6.07) is 10.4. The third-order valence-corrected chi connectivity index (χ3v) is 4.17. The number of aryl methyl sites for hydroxylation is 2. The van der Waals surface area contributed by atoms with Crippen LogP contribution < -0.4 is 10.6 Å². The Labute approximate surface area is 164 Å². The molecule has 29 heavy (non-hydrogen) atoms. The van der Waals surface area contributed by atoms with Crippen molar-refractivity contribution in [1.29, 1.82) is 0 Å². The van der Waals surface area contributed by atoms with Crippen molar-refractivity contribution >= 4 is 11.7 Å². The monoisotopic (exact) mass is 406 g/mol. The highest BCUT2D eigenvalue weighted by Gasteiger charge is 2.33. The Morgan fingerprint density at radius 3 is 2.52 bits per heavy atom. The van der Waals surface area contributed by atoms with E-state index in [-0.39, 0.29) is 5.56 Å². The molecule has 0 atom stereocenters. The smallest absolute Gasteiger partial charge is 0.334 e. The molecule has 0 fully saturated rings. The van der Waals surface area contributed by atoms with Gasteiger partial charge in [0.1, 0.15) is 5.82 Å². The van der Waals surface area contributed by atoms with Crippen molar-refractivity contribution in [2.24, 2.45) is 0 Å². The number of anilines is 1. The molecule has 0 bridgehead atoms. The second-order valence-corrected chi connectivity index (χ2v) is 6.50. The Morgan fingerprint density at radius 1 is 1.10 bits per heavy atom. The van der Waals surface area contributed by atoms with Crippen molar-refractivity contribution in [2.75, 3.05) is 5.32 Å². The van der Waals surface area contributed by atoms with Crippen LogP contribution in [0.25, 0.3) is 5.69 Å². The molecule has 152 valence electrons. The quantitative estimate of drug-likeness (QED) is 0.601. The van der Waals surface area contributed by atoms with E-state index in [0.29, 0.717) is 11.8 Å². The lowest BCUT2D eigenvalue weighted by atomic mass is 10.1. The maximum absolute atomic E-state index is 13.2. The van der Waals surface area contributed by atoms with Crippen molar-refractivity contribution in [3.63, 3.8) is 0 Å². The minimum Gasteiger partial charge on any atom is -0.334 e. The van der Waals surface area contributed by atoms with Crippen LogP contribution in [0.5, 0.6) is 0 Å². The van der Waals surface area contributed by atoms with Crippen molar-refractivity contribution in [2.45, 2.75) is 26.6 Å². The number of carbonyl (C=O) groups is 1. The molecular formula is C20H18F4N4O. The third-order valence-electron chi connectivity index (χ3n) is 4.17. The van der Waals surface area contributed by atoms with Crippen LogP contribution in [0.3, 0.4) is 0 Å². The van der Waals surface area contributed by atoms with Gasteiger partial charge in [0.2, 0.25) is 0 Å². The van der Waals surface area contributed by atoms with Crippen molar-refractivity contribution < 1.29 is 22.4 Å². The van der Waals surface area contributed by atoms with Gasteiger partial charge in [0.15, 0.2) is 0 Å². The number of nitrogens with one attached hydrogen (secondary N) is 2. The maximum Gasteiger partial charge on any atom is 0.416 e. The normalized spacial score (nSPS) is 11.4. The molecular weight excluding hydrogens is 388 g/mol. The van der Waals surface area contributed by atoms with Gasteiger partial charge in [-0.25, -0.2) is 13.9 Å². The maximum atomic E-state index is 13.2. The second kappa shape index (κ2) is 7.94. The molecule has 0 radical (unpaired) electrons. The Balaban J connectivity index is 1.70. The van der Waals surface area contributed by atoms with Gasteiger partial charge in [-0.1, -0.05) is 12.1 Å². The van der Waals surface area contributed by atoms with Gasteiger partial charge in [-0.3, -0.25) is 0 Å². The van der Waals surface area contributed by atoms with Gasteiger partial charge < -0.3 is 10.6 Å². The number of benzene rings is 2. The van der Waals surface area contributed by atoms with Crippen molar-refractivity contribution in [3.8, 4) is 5.69 Å². The number of hydrogen-bond acceptors (Lipinski definition) is 2. The number of rotatable bonds is 4. The first-order valence-corrected chi connectivity index (χ1v) is 8.67. The molecule has 0 unspecified atom stereocenters. The van der Waals surface area contributed by atoms with Gasteiger partial charge in [0.25, 0.3) is 0 Å². The highest BCUT2D eigenvalue weighted by atomic mass is 19.4. The molecule has 0 saturated carbocycles. The molecule has 0 saturated heterocycles. The Hall–Kier alpha value is -3.36. The van der Waals surface area contributed by atoms with E-state index >= 15 is 0 Å². The van der Waals surface area contributed by atoms with Crippen LogP contribution in [0.1, 0.15) is 22.5 Å². The number of hydrogen-bond donors (Lipinski definition) is 2. The van der Waals surface area contributed by atoms with E-state index in [9.17, 15) is 22.4 Å². The fraction of sp³-hybridized carbons (Fsp3) is 0.200. The number of alkyl halides is 3. The summed E-state index contributed by atoms with van der Waals surface area (Å²) in [6.07, 6.45) is -4.72. The summed E-state index contributed by atoms with van der Waals surface area (Å²) in [7, 11) is 0. The number of nitrogens with zero attached hydrogens (tertiary/aromatic N) is 2. The van der Waals surface area contributed by atoms with Gasteiger partial charge in [0.05, 0.1) is 16.9 Å². The second-order valence-electron chi connectivity index (χ2n) is 6.50. The topological polar surface area (TPSA) is 59.0 Å². The zero-order valence-corrected chi connectivity index (χ0v) is 15.6. The SMILES string of the molecule is Cc1cc(C)n(-c2cccc(NC(=O)NCc3ccc(F)cc3C(F)(F)F)c2)n1. The molecule has 3 aromatic rings. The fourth-order valence-electron chi connectivity index (χ4n) is 2.92. The molecule has 0 aliphatic rings. The number of carbonyl (C=O) groups excluding carboxylic acids is 1. The summed E-state index contributed by atoms with van der Waals surface area (Å²) in [5, 5.41) is 9.30. The molecule has 9 heteroatoms. The first kappa shape index (κ1) is 20.4. The molecule has 0 aliphatic carbocycles. The van der Waals surface area contributed by atoms with E-state index in [0.717, 1.165) is 29.2 Å². The van der Waals surface area contributed by atoms with Crippen LogP contribution in [0.4, 0.5) is 28.0 Å². The minimum atomic E-state index is -4.72. The summed E-state index contributed by atoms with van der Waals surface area (Å²) >= 11 is 0. The van der Waals surface area contributed by atoms with Crippen molar-refractivity contribution in [1.82, 2.24) is 15.1 Å². The molecule has 2 N–H and O–H groups in total. The predicted octanol–water partition coefficient (Wildman–Crippen LogP) is 4.97.